The molecule has 1 atom stereocenters. The molecule has 0 saturated heterocycles. The Morgan fingerprint density at radius 3 is 2.21 bits per heavy atom. The summed E-state index contributed by atoms with van der Waals surface area (Å²) in [7, 11) is 0. The van der Waals surface area contributed by atoms with Crippen molar-refractivity contribution in [2.45, 2.75) is 85.0 Å². The molecular weight excluding hydrogens is 230 g/mol. The van der Waals surface area contributed by atoms with E-state index in [0.717, 1.165) is 12.5 Å². The van der Waals surface area contributed by atoms with Gasteiger partial charge in [0.25, 0.3) is 0 Å². The summed E-state index contributed by atoms with van der Waals surface area (Å²) in [6, 6.07) is 0. The Morgan fingerprint density at radius 1 is 0.789 bits per heavy atom. The maximum Gasteiger partial charge on any atom is -0.00206 e. The highest BCUT2D eigenvalue weighted by molar-refractivity contribution is 4.80. The molecule has 0 saturated carbocycles. The van der Waals surface area contributed by atoms with Gasteiger partial charge in [-0.3, -0.25) is 0 Å². The van der Waals surface area contributed by atoms with Gasteiger partial charge in [-0.1, -0.05) is 65.0 Å². The summed E-state index contributed by atoms with van der Waals surface area (Å²) < 4.78 is 0. The van der Waals surface area contributed by atoms with Crippen LogP contribution in [0.25, 0.3) is 0 Å². The molecule has 0 aromatic heterocycles. The van der Waals surface area contributed by atoms with Gasteiger partial charge in [0.15, 0.2) is 0 Å². The molecule has 0 aliphatic heterocycles. The Bertz CT molecular complexity index is 178. The molecule has 1 N–H and O–H groups in total. The molecule has 0 radical (unpaired) electrons. The molecule has 0 heterocycles. The first-order chi connectivity index (χ1) is 9.35. The molecular formula is C18H37N. The molecule has 19 heavy (non-hydrogen) atoms. The Labute approximate surface area is 122 Å². The Hall–Kier alpha value is -0.300. The number of nitrogens with one attached hydrogen (secondary N) is 1. The first-order valence-corrected chi connectivity index (χ1v) is 8.70. The van der Waals surface area contributed by atoms with Crippen molar-refractivity contribution < 1.29 is 0 Å². The van der Waals surface area contributed by atoms with E-state index in [2.05, 4.69) is 38.2 Å². The van der Waals surface area contributed by atoms with Crippen molar-refractivity contribution in [1.82, 2.24) is 5.32 Å². The van der Waals surface area contributed by atoms with Gasteiger partial charge in [0.1, 0.15) is 0 Å². The van der Waals surface area contributed by atoms with Crippen LogP contribution in [0, 0.1) is 5.92 Å². The van der Waals surface area contributed by atoms with Crippen molar-refractivity contribution in [3.63, 3.8) is 0 Å². The summed E-state index contributed by atoms with van der Waals surface area (Å²) in [6.45, 7) is 9.09. The molecule has 1 nitrogen and oxygen atoms in total. The van der Waals surface area contributed by atoms with Crippen molar-refractivity contribution in [3.05, 3.63) is 12.2 Å². The second-order valence-electron chi connectivity index (χ2n) is 5.71. The second-order valence-corrected chi connectivity index (χ2v) is 5.71. The number of rotatable bonds is 14. The van der Waals surface area contributed by atoms with E-state index in [9.17, 15) is 0 Å². The Kier molecular flexibility index (Phi) is 15.5. The number of allylic oxidation sites excluding steroid dienone is 2. The van der Waals surface area contributed by atoms with Crippen molar-refractivity contribution in [3.8, 4) is 0 Å². The van der Waals surface area contributed by atoms with Gasteiger partial charge in [-0.2, -0.15) is 0 Å². The van der Waals surface area contributed by atoms with Crippen LogP contribution in [0.15, 0.2) is 12.2 Å². The molecule has 0 bridgehead atoms. The fourth-order valence-corrected chi connectivity index (χ4v) is 2.46. The van der Waals surface area contributed by atoms with Gasteiger partial charge in [0, 0.05) is 0 Å². The number of hydrogen-bond donors (Lipinski definition) is 1. The smallest absolute Gasteiger partial charge is 0.00206 e. The molecule has 0 aromatic rings. The molecule has 0 spiro atoms. The van der Waals surface area contributed by atoms with Crippen LogP contribution in [0.2, 0.25) is 0 Å². The Balaban J connectivity index is 3.50. The second kappa shape index (κ2) is 15.8. The van der Waals surface area contributed by atoms with Gasteiger partial charge in [0.05, 0.1) is 0 Å². The van der Waals surface area contributed by atoms with Crippen molar-refractivity contribution >= 4 is 0 Å². The summed E-state index contributed by atoms with van der Waals surface area (Å²) in [5.41, 5.74) is 0. The van der Waals surface area contributed by atoms with Crippen molar-refractivity contribution in [2.75, 3.05) is 13.1 Å². The maximum absolute atomic E-state index is 3.52. The monoisotopic (exact) mass is 267 g/mol. The van der Waals surface area contributed by atoms with Gasteiger partial charge >= 0.3 is 0 Å². The van der Waals surface area contributed by atoms with E-state index < -0.39 is 0 Å². The van der Waals surface area contributed by atoms with E-state index in [4.69, 9.17) is 0 Å². The van der Waals surface area contributed by atoms with E-state index in [1.165, 1.54) is 70.8 Å². The highest BCUT2D eigenvalue weighted by atomic mass is 14.8. The van der Waals surface area contributed by atoms with Crippen LogP contribution < -0.4 is 5.32 Å². The highest BCUT2D eigenvalue weighted by Crippen LogP contribution is 2.16. The molecule has 1 heteroatoms. The first kappa shape index (κ1) is 18.7. The van der Waals surface area contributed by atoms with Crippen LogP contribution in [0.4, 0.5) is 0 Å². The van der Waals surface area contributed by atoms with E-state index in [-0.39, 0.29) is 0 Å². The van der Waals surface area contributed by atoms with Crippen LogP contribution >= 0.6 is 0 Å². The van der Waals surface area contributed by atoms with Crippen LogP contribution in [0.3, 0.4) is 0 Å². The lowest BCUT2D eigenvalue weighted by molar-refractivity contribution is 0.393. The van der Waals surface area contributed by atoms with Gasteiger partial charge in [-0.15, -0.1) is 0 Å². The molecule has 114 valence electrons. The van der Waals surface area contributed by atoms with Crippen molar-refractivity contribution in [2.24, 2.45) is 5.92 Å². The molecule has 0 aliphatic carbocycles. The fraction of sp³-hybridized carbons (Fsp3) is 0.889. The zero-order valence-corrected chi connectivity index (χ0v) is 13.7. The summed E-state index contributed by atoms with van der Waals surface area (Å²) in [5, 5.41) is 3.52. The first-order valence-electron chi connectivity index (χ1n) is 8.70. The lowest BCUT2D eigenvalue weighted by Crippen LogP contribution is -2.22. The van der Waals surface area contributed by atoms with Gasteiger partial charge < -0.3 is 5.32 Å². The van der Waals surface area contributed by atoms with Crippen LogP contribution in [-0.4, -0.2) is 13.1 Å². The largest absolute Gasteiger partial charge is 0.317 e. The van der Waals surface area contributed by atoms with Gasteiger partial charge in [0.2, 0.25) is 0 Å². The highest BCUT2D eigenvalue weighted by Gasteiger charge is 2.06. The SMILES string of the molecule is CCC/C=C/CCCCCC(CCCC)CNCC. The minimum absolute atomic E-state index is 0.913. The summed E-state index contributed by atoms with van der Waals surface area (Å²) in [5.74, 6) is 0.913. The number of unbranched alkanes of at least 4 members (excludes halogenated alkanes) is 5. The van der Waals surface area contributed by atoms with Gasteiger partial charge in [-0.25, -0.2) is 0 Å². The third-order valence-electron chi connectivity index (χ3n) is 3.75. The molecule has 0 fully saturated rings. The van der Waals surface area contributed by atoms with Crippen LogP contribution in [0.1, 0.15) is 85.0 Å². The zero-order valence-electron chi connectivity index (χ0n) is 13.7. The standard InChI is InChI=1S/C18H37N/c1-4-7-9-10-11-12-13-14-16-18(15-8-5-2)17-19-6-3/h9-10,18-19H,4-8,11-17H2,1-3H3/b10-9+. The minimum Gasteiger partial charge on any atom is -0.317 e. The van der Waals surface area contributed by atoms with Crippen molar-refractivity contribution in [1.29, 1.82) is 0 Å². The summed E-state index contributed by atoms with van der Waals surface area (Å²) >= 11 is 0. The van der Waals surface area contributed by atoms with E-state index in [0.29, 0.717) is 0 Å². The summed E-state index contributed by atoms with van der Waals surface area (Å²) in [4.78, 5) is 0. The predicted molar refractivity (Wildman–Crippen MR) is 88.7 cm³/mol. The lowest BCUT2D eigenvalue weighted by Gasteiger charge is -2.16. The number of hydrogen-bond acceptors (Lipinski definition) is 1. The third-order valence-corrected chi connectivity index (χ3v) is 3.75. The molecule has 0 aliphatic rings. The molecule has 0 rings (SSSR count). The Morgan fingerprint density at radius 2 is 1.53 bits per heavy atom. The summed E-state index contributed by atoms with van der Waals surface area (Å²) in [6.07, 6.45) is 18.3. The minimum atomic E-state index is 0.913. The van der Waals surface area contributed by atoms with Crippen LogP contribution in [-0.2, 0) is 0 Å². The molecule has 0 aromatic carbocycles. The fourth-order valence-electron chi connectivity index (χ4n) is 2.46. The maximum atomic E-state index is 3.52. The topological polar surface area (TPSA) is 12.0 Å². The van der Waals surface area contributed by atoms with E-state index >= 15 is 0 Å². The average Bonchev–Trinajstić information content (AvgIpc) is 2.43. The molecule has 0 amide bonds. The van der Waals surface area contributed by atoms with E-state index in [1.807, 2.05) is 0 Å². The average molecular weight is 268 g/mol. The lowest BCUT2D eigenvalue weighted by atomic mass is 9.95. The zero-order chi connectivity index (χ0) is 14.2. The predicted octanol–water partition coefficient (Wildman–Crippen LogP) is 5.71. The third kappa shape index (κ3) is 13.9. The normalized spacial score (nSPS) is 13.2. The van der Waals surface area contributed by atoms with Gasteiger partial charge in [-0.05, 0) is 51.1 Å². The molecule has 1 unspecified atom stereocenters. The van der Waals surface area contributed by atoms with Crippen LogP contribution in [0.5, 0.6) is 0 Å². The quantitative estimate of drug-likeness (QED) is 0.314. The van der Waals surface area contributed by atoms with E-state index in [1.54, 1.807) is 0 Å².